The van der Waals surface area contributed by atoms with E-state index in [0.717, 1.165) is 0 Å². The van der Waals surface area contributed by atoms with Gasteiger partial charge in [-0.1, -0.05) is 48.5 Å². The van der Waals surface area contributed by atoms with Crippen LogP contribution >= 0.6 is 0 Å². The molecule has 2 aromatic carbocycles. The number of carbonyl (C=O) groups is 3. The van der Waals surface area contributed by atoms with E-state index in [1.807, 2.05) is 0 Å². The molecule has 0 spiro atoms. The molecule has 0 aromatic heterocycles. The molecule has 5 heteroatoms. The van der Waals surface area contributed by atoms with E-state index < -0.39 is 29.7 Å². The molecule has 3 rings (SSSR count). The van der Waals surface area contributed by atoms with Crippen molar-refractivity contribution in [1.29, 1.82) is 0 Å². The third-order valence-corrected chi connectivity index (χ3v) is 3.91. The topological polar surface area (TPSA) is 69.7 Å². The summed E-state index contributed by atoms with van der Waals surface area (Å²) in [6.45, 7) is 1.80. The summed E-state index contributed by atoms with van der Waals surface area (Å²) >= 11 is 0. The second-order valence-electron chi connectivity index (χ2n) is 5.37. The molecule has 0 saturated heterocycles. The van der Waals surface area contributed by atoms with E-state index in [1.54, 1.807) is 61.5 Å². The molecule has 2 atom stereocenters. The summed E-state index contributed by atoms with van der Waals surface area (Å²) < 4.78 is 10.4. The number of hydrogen-bond donors (Lipinski definition) is 0. The van der Waals surface area contributed by atoms with Crippen LogP contribution in [-0.4, -0.2) is 24.3 Å². The number of hydrogen-bond acceptors (Lipinski definition) is 5. The fraction of sp³-hybridized carbons (Fsp3) is 0.211. The number of carbonyl (C=O) groups excluding carboxylic acids is 3. The van der Waals surface area contributed by atoms with Crippen molar-refractivity contribution in [3.63, 3.8) is 0 Å². The Balaban J connectivity index is 2.02. The highest BCUT2D eigenvalue weighted by Crippen LogP contribution is 2.38. The highest BCUT2D eigenvalue weighted by molar-refractivity contribution is 6.10. The molecule has 24 heavy (non-hydrogen) atoms. The van der Waals surface area contributed by atoms with Crippen molar-refractivity contribution >= 4 is 17.7 Å². The largest absolute Gasteiger partial charge is 0.465 e. The molecule has 0 N–H and O–H groups in total. The lowest BCUT2D eigenvalue weighted by atomic mass is 9.88. The first-order valence-corrected chi connectivity index (χ1v) is 7.69. The van der Waals surface area contributed by atoms with Gasteiger partial charge in [0.1, 0.15) is 6.10 Å². The van der Waals surface area contributed by atoms with E-state index in [0.29, 0.717) is 16.7 Å². The summed E-state index contributed by atoms with van der Waals surface area (Å²) in [5.74, 6) is -2.88. The summed E-state index contributed by atoms with van der Waals surface area (Å²) in [7, 11) is 0. The summed E-state index contributed by atoms with van der Waals surface area (Å²) in [4.78, 5) is 37.3. The minimum Gasteiger partial charge on any atom is -0.465 e. The van der Waals surface area contributed by atoms with Gasteiger partial charge in [-0.3, -0.25) is 9.59 Å². The van der Waals surface area contributed by atoms with E-state index in [4.69, 9.17) is 9.47 Å². The van der Waals surface area contributed by atoms with Crippen LogP contribution in [0.4, 0.5) is 0 Å². The summed E-state index contributed by atoms with van der Waals surface area (Å²) in [5.41, 5.74) is 1.28. The second-order valence-corrected chi connectivity index (χ2v) is 5.37. The van der Waals surface area contributed by atoms with Gasteiger partial charge in [-0.15, -0.1) is 0 Å². The molecule has 1 aliphatic rings. The van der Waals surface area contributed by atoms with Gasteiger partial charge in [-0.25, -0.2) is 4.79 Å². The number of rotatable bonds is 5. The Morgan fingerprint density at radius 1 is 1.08 bits per heavy atom. The maximum Gasteiger partial charge on any atom is 0.339 e. The average molecular weight is 324 g/mol. The Labute approximate surface area is 139 Å². The lowest BCUT2D eigenvalue weighted by Gasteiger charge is -2.20. The Morgan fingerprint density at radius 2 is 1.75 bits per heavy atom. The van der Waals surface area contributed by atoms with Gasteiger partial charge >= 0.3 is 11.9 Å². The zero-order chi connectivity index (χ0) is 17.1. The third-order valence-electron chi connectivity index (χ3n) is 3.91. The number of ether oxygens (including phenoxy) is 2. The molecule has 2 unspecified atom stereocenters. The molecule has 1 aliphatic heterocycles. The van der Waals surface area contributed by atoms with E-state index in [1.165, 1.54) is 0 Å². The number of cyclic esters (lactones) is 1. The van der Waals surface area contributed by atoms with Gasteiger partial charge < -0.3 is 9.47 Å². The number of fused-ring (bicyclic) bond motifs is 1. The first kappa shape index (κ1) is 15.9. The molecule has 2 aromatic rings. The minimum atomic E-state index is -1.22. The molecule has 0 radical (unpaired) electrons. The van der Waals surface area contributed by atoms with Crippen LogP contribution in [0.1, 0.15) is 39.3 Å². The average Bonchev–Trinajstić information content (AvgIpc) is 2.93. The van der Waals surface area contributed by atoms with Crippen molar-refractivity contribution in [2.45, 2.75) is 13.0 Å². The Bertz CT molecular complexity index is 781. The maximum absolute atomic E-state index is 12.9. The van der Waals surface area contributed by atoms with E-state index in [-0.39, 0.29) is 6.61 Å². The molecular formula is C19H16O5. The minimum absolute atomic E-state index is 0.139. The number of esters is 2. The fourth-order valence-electron chi connectivity index (χ4n) is 2.80. The van der Waals surface area contributed by atoms with Crippen LogP contribution in [0.5, 0.6) is 0 Å². The molecule has 122 valence electrons. The van der Waals surface area contributed by atoms with Gasteiger partial charge in [0.25, 0.3) is 0 Å². The first-order chi connectivity index (χ1) is 11.6. The van der Waals surface area contributed by atoms with Gasteiger partial charge in [-0.05, 0) is 13.0 Å². The second kappa shape index (κ2) is 6.66. The van der Waals surface area contributed by atoms with Gasteiger partial charge in [0, 0.05) is 11.1 Å². The van der Waals surface area contributed by atoms with Crippen molar-refractivity contribution in [2.75, 3.05) is 6.61 Å². The van der Waals surface area contributed by atoms with E-state index in [9.17, 15) is 14.4 Å². The fourth-order valence-corrected chi connectivity index (χ4v) is 2.80. The standard InChI is InChI=1S/C19H16O5/c1-2-23-19(22)15(16(20)12-8-4-3-5-9-12)17-13-10-6-7-11-14(13)18(21)24-17/h3-11,15,17H,2H2,1H3. The van der Waals surface area contributed by atoms with Crippen LogP contribution in [0.2, 0.25) is 0 Å². The number of benzene rings is 2. The van der Waals surface area contributed by atoms with Crippen molar-refractivity contribution in [3.05, 3.63) is 71.3 Å². The normalized spacial score (nSPS) is 16.9. The van der Waals surface area contributed by atoms with Crippen LogP contribution in [0.15, 0.2) is 54.6 Å². The predicted molar refractivity (Wildman–Crippen MR) is 85.5 cm³/mol. The van der Waals surface area contributed by atoms with E-state index in [2.05, 4.69) is 0 Å². The molecule has 0 aliphatic carbocycles. The summed E-state index contributed by atoms with van der Waals surface area (Å²) in [6, 6.07) is 15.2. The molecule has 0 amide bonds. The monoisotopic (exact) mass is 324 g/mol. The van der Waals surface area contributed by atoms with Crippen LogP contribution in [-0.2, 0) is 14.3 Å². The Hall–Kier alpha value is -2.95. The van der Waals surface area contributed by atoms with Gasteiger partial charge in [0.15, 0.2) is 11.7 Å². The highest BCUT2D eigenvalue weighted by atomic mass is 16.6. The van der Waals surface area contributed by atoms with Gasteiger partial charge in [0.05, 0.1) is 12.2 Å². The number of Topliss-reactive ketones (excluding diaryl/α,β-unsaturated/α-hetero) is 1. The molecule has 1 heterocycles. The molecule has 0 fully saturated rings. The van der Waals surface area contributed by atoms with Crippen LogP contribution in [0.3, 0.4) is 0 Å². The SMILES string of the molecule is CCOC(=O)C(C(=O)c1ccccc1)C1OC(=O)c2ccccc21. The lowest BCUT2D eigenvalue weighted by molar-refractivity contribution is -0.149. The molecule has 5 nitrogen and oxygen atoms in total. The Kier molecular flexibility index (Phi) is 4.42. The molecular weight excluding hydrogens is 308 g/mol. The quantitative estimate of drug-likeness (QED) is 0.480. The van der Waals surface area contributed by atoms with Crippen LogP contribution in [0.25, 0.3) is 0 Å². The predicted octanol–water partition coefficient (Wildman–Crippen LogP) is 2.96. The van der Waals surface area contributed by atoms with Crippen molar-refractivity contribution < 1.29 is 23.9 Å². The summed E-state index contributed by atoms with van der Waals surface area (Å²) in [5, 5.41) is 0. The molecule has 0 bridgehead atoms. The van der Waals surface area contributed by atoms with E-state index >= 15 is 0 Å². The number of ketones is 1. The summed E-state index contributed by atoms with van der Waals surface area (Å²) in [6.07, 6.45) is -0.972. The van der Waals surface area contributed by atoms with Gasteiger partial charge in [-0.2, -0.15) is 0 Å². The highest BCUT2D eigenvalue weighted by Gasteiger charge is 2.45. The van der Waals surface area contributed by atoms with Crippen LogP contribution in [0, 0.1) is 5.92 Å². The zero-order valence-corrected chi connectivity index (χ0v) is 13.1. The maximum atomic E-state index is 12.9. The van der Waals surface area contributed by atoms with Crippen molar-refractivity contribution in [3.8, 4) is 0 Å². The zero-order valence-electron chi connectivity index (χ0n) is 13.1. The van der Waals surface area contributed by atoms with Gasteiger partial charge in [0.2, 0.25) is 0 Å². The van der Waals surface area contributed by atoms with Crippen molar-refractivity contribution in [2.24, 2.45) is 5.92 Å². The smallest absolute Gasteiger partial charge is 0.339 e. The first-order valence-electron chi connectivity index (χ1n) is 7.69. The van der Waals surface area contributed by atoms with Crippen LogP contribution < -0.4 is 0 Å². The Morgan fingerprint density at radius 3 is 2.46 bits per heavy atom. The molecule has 0 saturated carbocycles. The van der Waals surface area contributed by atoms with Crippen molar-refractivity contribution in [1.82, 2.24) is 0 Å². The third kappa shape index (κ3) is 2.80. The lowest BCUT2D eigenvalue weighted by Crippen LogP contribution is -2.32.